The number of benzene rings is 1. The summed E-state index contributed by atoms with van der Waals surface area (Å²) in [4.78, 5) is 43.4. The molecule has 0 radical (unpaired) electrons. The van der Waals surface area contributed by atoms with Gasteiger partial charge in [0.2, 0.25) is 11.8 Å². The second kappa shape index (κ2) is 11.6. The van der Waals surface area contributed by atoms with E-state index in [-0.39, 0.29) is 48.8 Å². The van der Waals surface area contributed by atoms with Crippen molar-refractivity contribution >= 4 is 17.9 Å². The molecule has 0 spiro atoms. The number of ether oxygens (including phenoxy) is 2. The highest BCUT2D eigenvalue weighted by molar-refractivity contribution is 5.89. The van der Waals surface area contributed by atoms with E-state index in [2.05, 4.69) is 5.32 Å². The van der Waals surface area contributed by atoms with E-state index < -0.39 is 29.3 Å². The molecule has 0 saturated carbocycles. The molecule has 1 aromatic rings. The maximum Gasteiger partial charge on any atom is 0.410 e. The first kappa shape index (κ1) is 29.9. The summed E-state index contributed by atoms with van der Waals surface area (Å²) in [6.45, 7) is 16.0. The summed E-state index contributed by atoms with van der Waals surface area (Å²) in [6, 6.07) is 4.69. The van der Waals surface area contributed by atoms with Crippen molar-refractivity contribution < 1.29 is 28.2 Å². The minimum Gasteiger partial charge on any atom is -0.444 e. The summed E-state index contributed by atoms with van der Waals surface area (Å²) in [7, 11) is 0. The quantitative estimate of drug-likeness (QED) is 0.557. The van der Waals surface area contributed by atoms with Crippen molar-refractivity contribution in [2.75, 3.05) is 13.1 Å². The molecule has 8 nitrogen and oxygen atoms in total. The van der Waals surface area contributed by atoms with E-state index >= 15 is 0 Å². The smallest absolute Gasteiger partial charge is 0.410 e. The Labute approximate surface area is 226 Å². The third kappa shape index (κ3) is 7.04. The van der Waals surface area contributed by atoms with Gasteiger partial charge in [-0.15, -0.1) is 0 Å². The van der Waals surface area contributed by atoms with Crippen LogP contribution in [0.2, 0.25) is 0 Å². The van der Waals surface area contributed by atoms with E-state index in [1.165, 1.54) is 12.1 Å². The van der Waals surface area contributed by atoms with Crippen LogP contribution in [0.1, 0.15) is 73.8 Å². The van der Waals surface area contributed by atoms with Gasteiger partial charge < -0.3 is 24.6 Å². The number of amides is 3. The molecule has 38 heavy (non-hydrogen) atoms. The monoisotopic (exact) mass is 533 g/mol. The predicted molar refractivity (Wildman–Crippen MR) is 143 cm³/mol. The van der Waals surface area contributed by atoms with Crippen LogP contribution in [0.15, 0.2) is 24.3 Å². The molecule has 1 N–H and O–H groups in total. The third-order valence-electron chi connectivity index (χ3n) is 7.33. The van der Waals surface area contributed by atoms with Gasteiger partial charge in [0.25, 0.3) is 0 Å². The highest BCUT2D eigenvalue weighted by Gasteiger charge is 2.54. The number of halogens is 1. The first-order valence-electron chi connectivity index (χ1n) is 13.6. The van der Waals surface area contributed by atoms with Crippen LogP contribution in [-0.4, -0.2) is 70.6 Å². The van der Waals surface area contributed by atoms with Crippen LogP contribution in [0.4, 0.5) is 9.18 Å². The number of carbonyl (C=O) groups excluding carboxylic acids is 3. The zero-order valence-electron chi connectivity index (χ0n) is 24.0. The van der Waals surface area contributed by atoms with Crippen LogP contribution in [0.3, 0.4) is 0 Å². The number of rotatable bonds is 7. The molecule has 3 amide bonds. The summed E-state index contributed by atoms with van der Waals surface area (Å²) in [6.07, 6.45) is 0.361. The van der Waals surface area contributed by atoms with Crippen LogP contribution in [0.5, 0.6) is 0 Å². The highest BCUT2D eigenvalue weighted by Crippen LogP contribution is 2.36. The van der Waals surface area contributed by atoms with Crippen LogP contribution in [0.25, 0.3) is 0 Å². The second-order valence-electron chi connectivity index (χ2n) is 12.6. The van der Waals surface area contributed by atoms with Crippen molar-refractivity contribution in [3.63, 3.8) is 0 Å². The van der Waals surface area contributed by atoms with E-state index in [4.69, 9.17) is 9.47 Å². The number of likely N-dealkylation sites (tertiary alicyclic amines) is 2. The van der Waals surface area contributed by atoms with Gasteiger partial charge in [0, 0.05) is 12.5 Å². The number of nitrogens with one attached hydrogen (secondary N) is 1. The average molecular weight is 534 g/mol. The molecular weight excluding hydrogens is 489 g/mol. The molecule has 2 saturated heterocycles. The Morgan fingerprint density at radius 3 is 2.26 bits per heavy atom. The molecule has 5 atom stereocenters. The lowest BCUT2D eigenvalue weighted by atomic mass is 9.85. The maximum absolute atomic E-state index is 14.0. The van der Waals surface area contributed by atoms with E-state index in [0.29, 0.717) is 19.4 Å². The van der Waals surface area contributed by atoms with Gasteiger partial charge in [-0.1, -0.05) is 46.8 Å². The normalized spacial score (nSPS) is 23.1. The zero-order valence-corrected chi connectivity index (χ0v) is 24.0. The molecule has 1 aromatic carbocycles. The Balaban J connectivity index is 1.87. The van der Waals surface area contributed by atoms with Gasteiger partial charge >= 0.3 is 6.09 Å². The van der Waals surface area contributed by atoms with Crippen LogP contribution < -0.4 is 5.32 Å². The summed E-state index contributed by atoms with van der Waals surface area (Å²) >= 11 is 0. The minimum atomic E-state index is -0.726. The van der Waals surface area contributed by atoms with E-state index in [0.717, 1.165) is 5.56 Å². The Morgan fingerprint density at radius 1 is 1.08 bits per heavy atom. The van der Waals surface area contributed by atoms with E-state index in [1.54, 1.807) is 21.9 Å². The van der Waals surface area contributed by atoms with Gasteiger partial charge in [0.05, 0.1) is 31.3 Å². The fourth-order valence-electron chi connectivity index (χ4n) is 5.03. The van der Waals surface area contributed by atoms with Gasteiger partial charge in [-0.25, -0.2) is 9.18 Å². The molecule has 212 valence electrons. The molecule has 0 aliphatic carbocycles. The van der Waals surface area contributed by atoms with Crippen LogP contribution in [0, 0.1) is 17.2 Å². The highest BCUT2D eigenvalue weighted by atomic mass is 19.1. The zero-order chi connectivity index (χ0) is 28.4. The Hall–Kier alpha value is -2.68. The first-order chi connectivity index (χ1) is 17.6. The standard InChI is InChI=1S/C29H44FN3O5/c1-9-18(2)25(34)31-24(28(3,4)5)26(35)32-15-14-21-23(32)22(16-33(21)27(36)38-29(6,7)8)37-17-19-10-12-20(30)13-11-19/h10-13,18,21-24H,9,14-17H2,1-8H3,(H,31,34)/t18-,21-,22+,23+,24-/m1/s1. The summed E-state index contributed by atoms with van der Waals surface area (Å²) < 4.78 is 25.3. The summed E-state index contributed by atoms with van der Waals surface area (Å²) in [5.41, 5.74) is -0.389. The lowest BCUT2D eigenvalue weighted by Crippen LogP contribution is -2.58. The molecule has 2 aliphatic heterocycles. The molecule has 0 bridgehead atoms. The number of hydrogen-bond donors (Lipinski definition) is 1. The van der Waals surface area contributed by atoms with Crippen molar-refractivity contribution in [3.8, 4) is 0 Å². The number of hydrogen-bond acceptors (Lipinski definition) is 5. The van der Waals surface area contributed by atoms with Crippen LogP contribution >= 0.6 is 0 Å². The Bertz CT molecular complexity index is 1000. The van der Waals surface area contributed by atoms with Gasteiger partial charge in [0.1, 0.15) is 17.5 Å². The number of carbonyl (C=O) groups is 3. The van der Waals surface area contributed by atoms with Crippen molar-refractivity contribution in [1.82, 2.24) is 15.1 Å². The second-order valence-corrected chi connectivity index (χ2v) is 12.6. The molecule has 2 fully saturated rings. The first-order valence-corrected chi connectivity index (χ1v) is 13.6. The molecule has 0 unspecified atom stereocenters. The molecule has 0 aromatic heterocycles. The van der Waals surface area contributed by atoms with Gasteiger partial charge in [-0.3, -0.25) is 9.59 Å². The van der Waals surface area contributed by atoms with Gasteiger partial charge in [0.15, 0.2) is 0 Å². The van der Waals surface area contributed by atoms with Crippen molar-refractivity contribution in [2.24, 2.45) is 11.3 Å². The molecule has 3 rings (SSSR count). The van der Waals surface area contributed by atoms with Gasteiger partial charge in [-0.05, 0) is 56.7 Å². The fourth-order valence-corrected chi connectivity index (χ4v) is 5.03. The minimum absolute atomic E-state index is 0.151. The van der Waals surface area contributed by atoms with Gasteiger partial charge in [-0.2, -0.15) is 0 Å². The lowest BCUT2D eigenvalue weighted by Gasteiger charge is -2.37. The predicted octanol–water partition coefficient (Wildman–Crippen LogP) is 4.51. The van der Waals surface area contributed by atoms with Crippen LogP contribution in [-0.2, 0) is 25.7 Å². The number of fused-ring (bicyclic) bond motifs is 1. The molecule has 9 heteroatoms. The third-order valence-corrected chi connectivity index (χ3v) is 7.33. The summed E-state index contributed by atoms with van der Waals surface area (Å²) in [5, 5.41) is 3.00. The van der Waals surface area contributed by atoms with Crippen molar-refractivity contribution in [3.05, 3.63) is 35.6 Å². The largest absolute Gasteiger partial charge is 0.444 e. The lowest BCUT2D eigenvalue weighted by molar-refractivity contribution is -0.143. The Kier molecular flexibility index (Phi) is 9.12. The van der Waals surface area contributed by atoms with Crippen molar-refractivity contribution in [2.45, 2.75) is 105 Å². The average Bonchev–Trinajstić information content (AvgIpc) is 3.40. The molecular formula is C29H44FN3O5. The maximum atomic E-state index is 14.0. The fraction of sp³-hybridized carbons (Fsp3) is 0.690. The SMILES string of the molecule is CC[C@@H](C)C(=O)N[C@H](C(=O)N1CC[C@@H]2[C@H]1[C@@H](OCc1ccc(F)cc1)CN2C(=O)OC(C)(C)C)C(C)(C)C. The molecule has 2 aliphatic rings. The molecule has 2 heterocycles. The Morgan fingerprint density at radius 2 is 1.71 bits per heavy atom. The van der Waals surface area contributed by atoms with E-state index in [9.17, 15) is 18.8 Å². The summed E-state index contributed by atoms with van der Waals surface area (Å²) in [5.74, 6) is -0.864. The van der Waals surface area contributed by atoms with Crippen molar-refractivity contribution in [1.29, 1.82) is 0 Å². The van der Waals surface area contributed by atoms with E-state index in [1.807, 2.05) is 55.4 Å². The number of nitrogens with zero attached hydrogens (tertiary/aromatic N) is 2. The topological polar surface area (TPSA) is 88.2 Å².